The Morgan fingerprint density at radius 3 is 2.54 bits per heavy atom. The van der Waals surface area contributed by atoms with Crippen LogP contribution in [0.4, 0.5) is 0 Å². The van der Waals surface area contributed by atoms with E-state index in [4.69, 9.17) is 19.9 Å². The predicted molar refractivity (Wildman–Crippen MR) is 105 cm³/mol. The molecule has 0 aliphatic carbocycles. The van der Waals surface area contributed by atoms with Crippen LogP contribution < -0.4 is 15.2 Å². The van der Waals surface area contributed by atoms with Gasteiger partial charge in [-0.1, -0.05) is 0 Å². The van der Waals surface area contributed by atoms with E-state index in [0.717, 1.165) is 19.3 Å². The highest BCUT2D eigenvalue weighted by atomic mass is 35.5. The Balaban J connectivity index is 0.00000338. The third-order valence-corrected chi connectivity index (χ3v) is 4.20. The molecule has 2 rings (SSSR count). The van der Waals surface area contributed by atoms with Gasteiger partial charge in [0.15, 0.2) is 11.5 Å². The minimum Gasteiger partial charge on any atom is -0.493 e. The number of hydrogen-bond donors (Lipinski definition) is 1. The molecule has 1 aliphatic heterocycles. The lowest BCUT2D eigenvalue weighted by atomic mass is 10.1. The molecule has 1 aromatic carbocycles. The van der Waals surface area contributed by atoms with Crippen LogP contribution in [0.2, 0.25) is 0 Å². The van der Waals surface area contributed by atoms with Gasteiger partial charge in [0.05, 0.1) is 19.3 Å². The summed E-state index contributed by atoms with van der Waals surface area (Å²) in [7, 11) is 1.58. The van der Waals surface area contributed by atoms with Crippen molar-refractivity contribution in [2.24, 2.45) is 5.73 Å². The topological polar surface area (TPSA) is 74.0 Å². The maximum absolute atomic E-state index is 12.7. The predicted octanol–water partition coefficient (Wildman–Crippen LogP) is 2.87. The van der Waals surface area contributed by atoms with E-state index in [1.54, 1.807) is 25.3 Å². The van der Waals surface area contributed by atoms with E-state index in [2.05, 4.69) is 0 Å². The van der Waals surface area contributed by atoms with Gasteiger partial charge in [-0.15, -0.1) is 12.4 Å². The van der Waals surface area contributed by atoms with Crippen LogP contribution in [0.5, 0.6) is 11.5 Å². The number of nitrogens with two attached hydrogens (primary N) is 1. The van der Waals surface area contributed by atoms with Crippen molar-refractivity contribution in [3.05, 3.63) is 23.8 Å². The van der Waals surface area contributed by atoms with Crippen molar-refractivity contribution in [3.63, 3.8) is 0 Å². The van der Waals surface area contributed by atoms with Gasteiger partial charge in [0.1, 0.15) is 0 Å². The summed E-state index contributed by atoms with van der Waals surface area (Å²) >= 11 is 0. The molecule has 1 fully saturated rings. The monoisotopic (exact) mass is 386 g/mol. The molecule has 1 aromatic rings. The second kappa shape index (κ2) is 11.3. The van der Waals surface area contributed by atoms with Crippen molar-refractivity contribution in [2.45, 2.75) is 45.3 Å². The van der Waals surface area contributed by atoms with Crippen molar-refractivity contribution in [3.8, 4) is 11.5 Å². The highest BCUT2D eigenvalue weighted by molar-refractivity contribution is 5.95. The number of nitrogens with zero attached hydrogens (tertiary/aromatic N) is 1. The number of carbonyl (C=O) groups is 1. The van der Waals surface area contributed by atoms with Gasteiger partial charge in [-0.05, 0) is 57.9 Å². The van der Waals surface area contributed by atoms with Gasteiger partial charge in [-0.25, -0.2) is 0 Å². The van der Waals surface area contributed by atoms with Crippen molar-refractivity contribution >= 4 is 18.3 Å². The van der Waals surface area contributed by atoms with Crippen LogP contribution in [-0.4, -0.2) is 56.4 Å². The number of likely N-dealkylation sites (tertiary alicyclic amines) is 1. The summed E-state index contributed by atoms with van der Waals surface area (Å²) in [5.41, 5.74) is 6.10. The number of piperidine rings is 1. The van der Waals surface area contributed by atoms with E-state index in [1.807, 2.05) is 18.7 Å². The molecule has 1 aliphatic rings. The van der Waals surface area contributed by atoms with Crippen molar-refractivity contribution in [1.82, 2.24) is 4.90 Å². The van der Waals surface area contributed by atoms with Gasteiger partial charge in [-0.3, -0.25) is 4.79 Å². The molecular weight excluding hydrogens is 356 g/mol. The first kappa shape index (κ1) is 22.5. The maximum Gasteiger partial charge on any atom is 0.253 e. The summed E-state index contributed by atoms with van der Waals surface area (Å²) in [5, 5.41) is 0. The second-order valence-corrected chi connectivity index (χ2v) is 6.54. The van der Waals surface area contributed by atoms with Crippen LogP contribution in [0.25, 0.3) is 0 Å². The number of hydrogen-bond acceptors (Lipinski definition) is 5. The van der Waals surface area contributed by atoms with Gasteiger partial charge in [-0.2, -0.15) is 0 Å². The van der Waals surface area contributed by atoms with E-state index < -0.39 is 0 Å². The van der Waals surface area contributed by atoms with E-state index in [0.29, 0.717) is 43.3 Å². The molecule has 1 heterocycles. The van der Waals surface area contributed by atoms with Gasteiger partial charge in [0, 0.05) is 25.3 Å². The lowest BCUT2D eigenvalue weighted by molar-refractivity contribution is 0.00844. The van der Waals surface area contributed by atoms with Gasteiger partial charge in [0.2, 0.25) is 0 Å². The largest absolute Gasteiger partial charge is 0.493 e. The Morgan fingerprint density at radius 1 is 1.27 bits per heavy atom. The quantitative estimate of drug-likeness (QED) is 0.695. The summed E-state index contributed by atoms with van der Waals surface area (Å²) < 4.78 is 16.9. The minimum absolute atomic E-state index is 0. The average Bonchev–Trinajstić information content (AvgIpc) is 2.62. The Bertz CT molecular complexity index is 560. The Labute approximate surface area is 162 Å². The summed E-state index contributed by atoms with van der Waals surface area (Å²) in [5.74, 6) is 1.26. The third kappa shape index (κ3) is 6.34. The smallest absolute Gasteiger partial charge is 0.253 e. The van der Waals surface area contributed by atoms with Crippen LogP contribution in [0.15, 0.2) is 18.2 Å². The Kier molecular flexibility index (Phi) is 9.76. The number of halogens is 1. The summed E-state index contributed by atoms with van der Waals surface area (Å²) in [6, 6.07) is 5.35. The van der Waals surface area contributed by atoms with Crippen molar-refractivity contribution < 1.29 is 19.0 Å². The zero-order valence-corrected chi connectivity index (χ0v) is 16.7. The molecule has 148 valence electrons. The van der Waals surface area contributed by atoms with Gasteiger partial charge >= 0.3 is 0 Å². The second-order valence-electron chi connectivity index (χ2n) is 6.54. The van der Waals surface area contributed by atoms with Crippen LogP contribution in [0, 0.1) is 0 Å². The van der Waals surface area contributed by atoms with E-state index in [-0.39, 0.29) is 30.5 Å². The Morgan fingerprint density at radius 2 is 1.96 bits per heavy atom. The fraction of sp³-hybridized carbons (Fsp3) is 0.632. The van der Waals surface area contributed by atoms with Gasteiger partial charge < -0.3 is 24.8 Å². The molecule has 1 amide bonds. The number of amides is 1. The first-order valence-corrected chi connectivity index (χ1v) is 9.00. The average molecular weight is 387 g/mol. The molecule has 0 unspecified atom stereocenters. The third-order valence-electron chi connectivity index (χ3n) is 4.20. The zero-order chi connectivity index (χ0) is 18.2. The maximum atomic E-state index is 12.7. The number of carbonyl (C=O) groups excluding carboxylic acids is 1. The Hall–Kier alpha value is -1.50. The number of rotatable bonds is 8. The van der Waals surface area contributed by atoms with E-state index in [9.17, 15) is 4.79 Å². The molecular formula is C19H31ClN2O4. The van der Waals surface area contributed by atoms with Crippen molar-refractivity contribution in [2.75, 3.05) is 33.4 Å². The van der Waals surface area contributed by atoms with Crippen LogP contribution in [0.3, 0.4) is 0 Å². The molecule has 26 heavy (non-hydrogen) atoms. The van der Waals surface area contributed by atoms with E-state index in [1.165, 1.54) is 0 Å². The lowest BCUT2D eigenvalue weighted by Crippen LogP contribution is -2.41. The highest BCUT2D eigenvalue weighted by Gasteiger charge is 2.24. The standard InChI is InChI=1S/C19H30N2O4.ClH/c1-14(2)25-17-6-5-15(13-18(17)23-3)19(22)21-10-7-16(8-11-21)24-12-4-9-20;/h5-6,13-14,16H,4,7-12,20H2,1-3H3;1H. The molecule has 2 N–H and O–H groups in total. The molecule has 0 atom stereocenters. The molecule has 1 saturated heterocycles. The molecule has 0 bridgehead atoms. The molecule has 0 saturated carbocycles. The first-order valence-electron chi connectivity index (χ1n) is 9.00. The zero-order valence-electron chi connectivity index (χ0n) is 15.9. The molecule has 7 heteroatoms. The molecule has 0 aromatic heterocycles. The fourth-order valence-electron chi connectivity index (χ4n) is 2.89. The van der Waals surface area contributed by atoms with Crippen LogP contribution in [-0.2, 0) is 4.74 Å². The number of benzene rings is 1. The summed E-state index contributed by atoms with van der Waals surface area (Å²) in [4.78, 5) is 14.6. The number of ether oxygens (including phenoxy) is 3. The van der Waals surface area contributed by atoms with Crippen LogP contribution >= 0.6 is 12.4 Å². The van der Waals surface area contributed by atoms with Crippen LogP contribution in [0.1, 0.15) is 43.5 Å². The number of methoxy groups -OCH3 is 1. The summed E-state index contributed by atoms with van der Waals surface area (Å²) in [6.07, 6.45) is 2.88. The lowest BCUT2D eigenvalue weighted by Gasteiger charge is -2.32. The normalized spacial score (nSPS) is 14.9. The molecule has 0 spiro atoms. The summed E-state index contributed by atoms with van der Waals surface area (Å²) in [6.45, 7) is 6.67. The van der Waals surface area contributed by atoms with Crippen molar-refractivity contribution in [1.29, 1.82) is 0 Å². The fourth-order valence-corrected chi connectivity index (χ4v) is 2.89. The highest BCUT2D eigenvalue weighted by Crippen LogP contribution is 2.30. The minimum atomic E-state index is 0. The molecule has 6 nitrogen and oxygen atoms in total. The van der Waals surface area contributed by atoms with Gasteiger partial charge in [0.25, 0.3) is 5.91 Å². The molecule has 0 radical (unpaired) electrons. The first-order chi connectivity index (χ1) is 12.0. The SMILES string of the molecule is COc1cc(C(=O)N2CCC(OCCCN)CC2)ccc1OC(C)C.Cl. The van der Waals surface area contributed by atoms with E-state index >= 15 is 0 Å².